The van der Waals surface area contributed by atoms with E-state index in [2.05, 4.69) is 91.7 Å². The number of benzene rings is 3. The Kier molecular flexibility index (Phi) is 7.08. The number of hydrogen-bond acceptors (Lipinski definition) is 3. The number of nitrogens with zero attached hydrogens (tertiary/aromatic N) is 2. The molecule has 0 N–H and O–H groups in total. The molecular weight excluding hydrogens is 348 g/mol. The average molecular weight is 377 g/mol. The topological polar surface area (TPSA) is 15.6 Å². The summed E-state index contributed by atoms with van der Waals surface area (Å²) in [5, 5.41) is 2.52. The zero-order valence-electron chi connectivity index (χ0n) is 16.5. The van der Waals surface area contributed by atoms with Crippen molar-refractivity contribution in [3.63, 3.8) is 0 Å². The summed E-state index contributed by atoms with van der Waals surface area (Å²) in [6.45, 7) is 8.35. The maximum Gasteiger partial charge on any atom is 0.0725 e. The molecule has 3 rings (SSSR count). The van der Waals surface area contributed by atoms with Crippen LogP contribution in [0, 0.1) is 0 Å². The van der Waals surface area contributed by atoms with Crippen LogP contribution in [-0.2, 0) is 0 Å². The lowest BCUT2D eigenvalue weighted by Crippen LogP contribution is -2.26. The maximum absolute atomic E-state index is 5.07. The third-order valence-electron chi connectivity index (χ3n) is 4.99. The number of thioether (sulfide) groups is 1. The van der Waals surface area contributed by atoms with E-state index >= 15 is 0 Å². The van der Waals surface area contributed by atoms with Gasteiger partial charge in [0.15, 0.2) is 0 Å². The average Bonchev–Trinajstić information content (AvgIpc) is 2.74. The monoisotopic (exact) mass is 376 g/mol. The van der Waals surface area contributed by atoms with Gasteiger partial charge in [-0.1, -0.05) is 68.4 Å². The van der Waals surface area contributed by atoms with E-state index in [0.717, 1.165) is 31.9 Å². The van der Waals surface area contributed by atoms with Gasteiger partial charge in [0.1, 0.15) is 0 Å². The molecule has 0 atom stereocenters. The fourth-order valence-electron chi connectivity index (χ4n) is 3.36. The van der Waals surface area contributed by atoms with Gasteiger partial charge in [-0.2, -0.15) is 0 Å². The molecule has 0 aliphatic heterocycles. The summed E-state index contributed by atoms with van der Waals surface area (Å²) in [5.74, 6) is 0. The van der Waals surface area contributed by atoms with Crippen LogP contribution in [0.15, 0.2) is 76.6 Å². The first-order valence-electron chi connectivity index (χ1n) is 9.66. The molecule has 0 saturated heterocycles. The first-order valence-corrected chi connectivity index (χ1v) is 10.9. The minimum Gasteiger partial charge on any atom is -0.302 e. The lowest BCUT2D eigenvalue weighted by atomic mass is 9.96. The first-order chi connectivity index (χ1) is 13.3. The van der Waals surface area contributed by atoms with Crippen LogP contribution in [0.1, 0.15) is 25.0 Å². The maximum atomic E-state index is 5.07. The van der Waals surface area contributed by atoms with Crippen LogP contribution in [0.2, 0.25) is 0 Å². The second-order valence-electron chi connectivity index (χ2n) is 6.51. The highest BCUT2D eigenvalue weighted by molar-refractivity contribution is 7.98. The number of rotatable bonds is 8. The van der Waals surface area contributed by atoms with Gasteiger partial charge in [0.25, 0.3) is 0 Å². The van der Waals surface area contributed by atoms with E-state index in [-0.39, 0.29) is 0 Å². The van der Waals surface area contributed by atoms with Gasteiger partial charge in [0.2, 0.25) is 0 Å². The van der Waals surface area contributed by atoms with Crippen molar-refractivity contribution < 1.29 is 0 Å². The second kappa shape index (κ2) is 9.72. The van der Waals surface area contributed by atoms with Crippen LogP contribution < -0.4 is 0 Å². The minimum atomic E-state index is 0.810. The van der Waals surface area contributed by atoms with E-state index in [1.165, 1.54) is 26.8 Å². The van der Waals surface area contributed by atoms with Crippen molar-refractivity contribution in [3.8, 4) is 0 Å². The fraction of sp³-hybridized carbons (Fsp3) is 0.292. The van der Waals surface area contributed by atoms with Crippen molar-refractivity contribution in [2.75, 3.05) is 32.4 Å². The summed E-state index contributed by atoms with van der Waals surface area (Å²) in [4.78, 5) is 8.77. The van der Waals surface area contributed by atoms with Crippen molar-refractivity contribution in [2.45, 2.75) is 18.7 Å². The molecular formula is C24H28N2S. The standard InChI is InChI=1S/C24H28N2S/c1-4-26(5-2)18-17-25-24(20-13-15-21(27-3)16-14-20)23-12-8-10-19-9-6-7-11-22(19)23/h6-16H,4-5,17-18H2,1-3H3/b25-24-. The Morgan fingerprint density at radius 1 is 0.889 bits per heavy atom. The van der Waals surface area contributed by atoms with Crippen molar-refractivity contribution in [1.82, 2.24) is 4.90 Å². The van der Waals surface area contributed by atoms with Gasteiger partial charge < -0.3 is 4.90 Å². The molecule has 27 heavy (non-hydrogen) atoms. The van der Waals surface area contributed by atoms with Gasteiger partial charge in [-0.3, -0.25) is 4.99 Å². The molecule has 0 radical (unpaired) electrons. The number of aliphatic imine (C=N–C) groups is 1. The third kappa shape index (κ3) is 4.79. The molecule has 0 heterocycles. The Bertz CT molecular complexity index is 890. The number of hydrogen-bond donors (Lipinski definition) is 0. The van der Waals surface area contributed by atoms with Gasteiger partial charge in [-0.15, -0.1) is 11.8 Å². The van der Waals surface area contributed by atoms with Crippen molar-refractivity contribution >= 4 is 28.2 Å². The minimum absolute atomic E-state index is 0.810. The molecule has 0 unspecified atom stereocenters. The Hall–Kier alpha value is -2.10. The molecule has 3 heteroatoms. The van der Waals surface area contributed by atoms with E-state index in [9.17, 15) is 0 Å². The van der Waals surface area contributed by atoms with E-state index < -0.39 is 0 Å². The van der Waals surface area contributed by atoms with E-state index in [1.807, 2.05) is 0 Å². The van der Waals surface area contributed by atoms with E-state index in [4.69, 9.17) is 4.99 Å². The normalized spacial score (nSPS) is 12.1. The molecule has 0 spiro atoms. The number of likely N-dealkylation sites (N-methyl/N-ethyl adjacent to an activating group) is 1. The van der Waals surface area contributed by atoms with Crippen LogP contribution >= 0.6 is 11.8 Å². The van der Waals surface area contributed by atoms with Crippen LogP contribution in [0.25, 0.3) is 10.8 Å². The molecule has 3 aromatic carbocycles. The number of fused-ring (bicyclic) bond motifs is 1. The SMILES string of the molecule is CCN(CC)CC/N=C(/c1ccc(SC)cc1)c1cccc2ccccc12. The van der Waals surface area contributed by atoms with Crippen LogP contribution in [0.3, 0.4) is 0 Å². The summed E-state index contributed by atoms with van der Waals surface area (Å²) in [5.41, 5.74) is 3.49. The summed E-state index contributed by atoms with van der Waals surface area (Å²) in [6.07, 6.45) is 2.11. The highest BCUT2D eigenvalue weighted by Gasteiger charge is 2.11. The highest BCUT2D eigenvalue weighted by Crippen LogP contribution is 2.23. The lowest BCUT2D eigenvalue weighted by Gasteiger charge is -2.17. The summed E-state index contributed by atoms with van der Waals surface area (Å²) < 4.78 is 0. The van der Waals surface area contributed by atoms with Crippen molar-refractivity contribution in [3.05, 3.63) is 77.9 Å². The van der Waals surface area contributed by atoms with Gasteiger partial charge >= 0.3 is 0 Å². The van der Waals surface area contributed by atoms with Crippen molar-refractivity contribution in [2.24, 2.45) is 4.99 Å². The van der Waals surface area contributed by atoms with E-state index in [0.29, 0.717) is 0 Å². The Morgan fingerprint density at radius 3 is 2.30 bits per heavy atom. The summed E-state index contributed by atoms with van der Waals surface area (Å²) >= 11 is 1.77. The first kappa shape index (κ1) is 19.7. The van der Waals surface area contributed by atoms with Crippen molar-refractivity contribution in [1.29, 1.82) is 0 Å². The molecule has 0 amide bonds. The van der Waals surface area contributed by atoms with Gasteiger partial charge in [0.05, 0.1) is 12.3 Å². The Morgan fingerprint density at radius 2 is 1.59 bits per heavy atom. The molecule has 3 aromatic rings. The molecule has 0 aliphatic rings. The molecule has 0 aliphatic carbocycles. The van der Waals surface area contributed by atoms with Crippen LogP contribution in [-0.4, -0.2) is 43.0 Å². The Labute approximate surface area is 167 Å². The van der Waals surface area contributed by atoms with Crippen LogP contribution in [0.4, 0.5) is 0 Å². The predicted molar refractivity (Wildman–Crippen MR) is 120 cm³/mol. The zero-order chi connectivity index (χ0) is 19.1. The fourth-order valence-corrected chi connectivity index (χ4v) is 3.76. The quantitative estimate of drug-likeness (QED) is 0.368. The summed E-state index contributed by atoms with van der Waals surface area (Å²) in [6, 6.07) is 23.8. The molecule has 0 bridgehead atoms. The smallest absolute Gasteiger partial charge is 0.0725 e. The summed E-state index contributed by atoms with van der Waals surface area (Å²) in [7, 11) is 0. The van der Waals surface area contributed by atoms with E-state index in [1.54, 1.807) is 11.8 Å². The third-order valence-corrected chi connectivity index (χ3v) is 5.73. The predicted octanol–water partition coefficient (Wildman–Crippen LogP) is 5.74. The molecule has 2 nitrogen and oxygen atoms in total. The van der Waals surface area contributed by atoms with Gasteiger partial charge in [-0.25, -0.2) is 0 Å². The second-order valence-corrected chi connectivity index (χ2v) is 7.39. The molecule has 140 valence electrons. The van der Waals surface area contributed by atoms with Crippen LogP contribution in [0.5, 0.6) is 0 Å². The van der Waals surface area contributed by atoms with Gasteiger partial charge in [-0.05, 0) is 42.3 Å². The molecule has 0 fully saturated rings. The highest BCUT2D eigenvalue weighted by atomic mass is 32.2. The zero-order valence-corrected chi connectivity index (χ0v) is 17.3. The van der Waals surface area contributed by atoms with Gasteiger partial charge in [0, 0.05) is 22.6 Å². The molecule has 0 saturated carbocycles. The Balaban J connectivity index is 2.03. The molecule has 0 aromatic heterocycles. The largest absolute Gasteiger partial charge is 0.302 e. The lowest BCUT2D eigenvalue weighted by molar-refractivity contribution is 0.313.